The van der Waals surface area contributed by atoms with Crippen molar-refractivity contribution in [3.63, 3.8) is 0 Å². The first kappa shape index (κ1) is 27.9. The van der Waals surface area contributed by atoms with E-state index in [2.05, 4.69) is 113 Å². The van der Waals surface area contributed by atoms with Crippen LogP contribution in [0.2, 0.25) is 8.35 Å². The van der Waals surface area contributed by atoms with Crippen LogP contribution >= 0.6 is 0 Å². The van der Waals surface area contributed by atoms with Crippen LogP contribution < -0.4 is 24.8 Å². The number of rotatable bonds is 4. The standard InChI is InChI=1S/2C16H15.C3H6.2ClH.Hf/c2*1-11(2)14-9-13-8-7-12-5-3-4-6-15(12)16(13)10-14;1-3-2;;;/h2*3-11H,1-2H3;1-3H2;2*1H;/q;;;;;+2/p-2. The number of hydrogen-bond donors (Lipinski definition) is 0. The quantitative estimate of drug-likeness (QED) is 0.279. The molecule has 0 spiro atoms. The van der Waals surface area contributed by atoms with Crippen LogP contribution in [0.25, 0.3) is 33.7 Å². The molecule has 2 unspecified atom stereocenters. The maximum absolute atomic E-state index is 2.94. The van der Waals surface area contributed by atoms with Crippen molar-refractivity contribution in [2.24, 2.45) is 11.8 Å². The summed E-state index contributed by atoms with van der Waals surface area (Å²) in [5.41, 5.74) is 9.94. The summed E-state index contributed by atoms with van der Waals surface area (Å²) in [6.07, 6.45) is 6.72. The molecule has 4 aromatic carbocycles. The fraction of sp³-hybridized carbons (Fsp3) is 0.314. The molecule has 2 aliphatic carbocycles. The summed E-state index contributed by atoms with van der Waals surface area (Å²) in [5.74, 6) is 1.20. The van der Waals surface area contributed by atoms with E-state index in [-0.39, 0.29) is 24.8 Å². The second-order valence-electron chi connectivity index (χ2n) is 12.1. The Labute approximate surface area is 244 Å². The molecule has 4 aromatic rings. The van der Waals surface area contributed by atoms with E-state index in [9.17, 15) is 0 Å². The molecule has 0 amide bonds. The molecule has 194 valence electrons. The second-order valence-corrected chi connectivity index (χ2v) is 28.7. The van der Waals surface area contributed by atoms with Gasteiger partial charge in [-0.3, -0.25) is 0 Å². The molecule has 0 nitrogen and oxygen atoms in total. The Morgan fingerprint density at radius 3 is 1.37 bits per heavy atom. The third kappa shape index (κ3) is 3.94. The van der Waals surface area contributed by atoms with Crippen molar-refractivity contribution in [2.75, 3.05) is 0 Å². The van der Waals surface area contributed by atoms with Crippen molar-refractivity contribution in [3.05, 3.63) is 106 Å². The van der Waals surface area contributed by atoms with Crippen molar-refractivity contribution < 1.29 is 44.8 Å². The van der Waals surface area contributed by atoms with Gasteiger partial charge in [0.2, 0.25) is 0 Å². The number of allylic oxidation sites excluding steroid dienone is 2. The molecule has 0 saturated carbocycles. The maximum Gasteiger partial charge on any atom is -1.00 e. The zero-order valence-corrected chi connectivity index (χ0v) is 27.9. The van der Waals surface area contributed by atoms with Crippen LogP contribution in [0, 0.1) is 11.8 Å². The monoisotopic (exact) mass is 706 g/mol. The Hall–Kier alpha value is -1.67. The number of halogens is 2. The number of hydrogen-bond acceptors (Lipinski definition) is 0. The average molecular weight is 706 g/mol. The summed E-state index contributed by atoms with van der Waals surface area (Å²) in [6.45, 7) is 9.79. The molecule has 0 N–H and O–H groups in total. The van der Waals surface area contributed by atoms with Gasteiger partial charge in [0.25, 0.3) is 0 Å². The van der Waals surface area contributed by atoms with Gasteiger partial charge in [0, 0.05) is 0 Å². The topological polar surface area (TPSA) is 0 Å². The van der Waals surface area contributed by atoms with Crippen LogP contribution in [-0.4, -0.2) is 0 Å². The summed E-state index contributed by atoms with van der Waals surface area (Å²) in [5, 5.41) is 5.68. The van der Waals surface area contributed by atoms with E-state index in [0.717, 1.165) is 7.35 Å². The van der Waals surface area contributed by atoms with Gasteiger partial charge >= 0.3 is 222 Å². The molecule has 3 aliphatic rings. The van der Waals surface area contributed by atoms with Gasteiger partial charge in [0.05, 0.1) is 0 Å². The number of benzene rings is 4. The minimum absolute atomic E-state index is 0. The van der Waals surface area contributed by atoms with E-state index < -0.39 is 20.0 Å². The van der Waals surface area contributed by atoms with E-state index in [1.165, 1.54) is 36.3 Å². The first-order chi connectivity index (χ1) is 17.5. The molecular weight excluding hydrogens is 670 g/mol. The molecule has 1 saturated heterocycles. The van der Waals surface area contributed by atoms with Crippen LogP contribution in [0.3, 0.4) is 0 Å². The third-order valence-corrected chi connectivity index (χ3v) is 31.8. The normalized spacial score (nSPS) is 20.1. The molecule has 0 aromatic heterocycles. The Balaban J connectivity index is 0.00000147. The van der Waals surface area contributed by atoms with Gasteiger partial charge in [0.1, 0.15) is 0 Å². The van der Waals surface area contributed by atoms with E-state index >= 15 is 0 Å². The van der Waals surface area contributed by atoms with Crippen LogP contribution in [0.15, 0.2) is 83.9 Å². The SMILES string of the molecule is CC(C)C1=Cc2c(ccc3ccccc23)[CH]1[Hf+2]1([CH]2C(C(C)C)=Cc3c2ccc2ccccc32)[CH2]C[CH2]1.[Cl-].[Cl-]. The molecule has 38 heavy (non-hydrogen) atoms. The van der Waals surface area contributed by atoms with Crippen LogP contribution in [-0.2, 0) is 20.0 Å². The molecule has 1 aliphatic heterocycles. The van der Waals surface area contributed by atoms with Gasteiger partial charge in [-0.05, 0) is 0 Å². The summed E-state index contributed by atoms with van der Waals surface area (Å²) < 4.78 is 4.51. The Morgan fingerprint density at radius 1 is 0.579 bits per heavy atom. The van der Waals surface area contributed by atoms with Gasteiger partial charge in [-0.1, -0.05) is 0 Å². The molecule has 7 rings (SSSR count). The maximum atomic E-state index is 2.64. The van der Waals surface area contributed by atoms with Gasteiger partial charge in [0.15, 0.2) is 0 Å². The zero-order chi connectivity index (χ0) is 24.6. The largest absolute Gasteiger partial charge is 1.00 e. The summed E-state index contributed by atoms with van der Waals surface area (Å²) in [7, 11) is 0. The van der Waals surface area contributed by atoms with Gasteiger partial charge in [-0.15, -0.1) is 0 Å². The fourth-order valence-corrected chi connectivity index (χ4v) is 31.5. The van der Waals surface area contributed by atoms with Gasteiger partial charge in [-0.2, -0.15) is 0 Å². The van der Waals surface area contributed by atoms with Crippen LogP contribution in [0.4, 0.5) is 0 Å². The second kappa shape index (κ2) is 10.4. The van der Waals surface area contributed by atoms with Gasteiger partial charge < -0.3 is 24.8 Å². The van der Waals surface area contributed by atoms with E-state index in [1.54, 1.807) is 33.4 Å². The fourth-order valence-electron chi connectivity index (χ4n) is 7.92. The molecule has 1 fully saturated rings. The predicted octanol–water partition coefficient (Wildman–Crippen LogP) is 4.28. The predicted molar refractivity (Wildman–Crippen MR) is 153 cm³/mol. The minimum Gasteiger partial charge on any atom is -1.00 e. The van der Waals surface area contributed by atoms with Crippen molar-refractivity contribution in [2.45, 2.75) is 49.8 Å². The van der Waals surface area contributed by atoms with Crippen molar-refractivity contribution in [1.29, 1.82) is 0 Å². The molecule has 2 atom stereocenters. The average Bonchev–Trinajstić information content (AvgIpc) is 3.45. The van der Waals surface area contributed by atoms with E-state index in [1.807, 2.05) is 0 Å². The minimum atomic E-state index is -2.94. The number of fused-ring (bicyclic) bond motifs is 6. The van der Waals surface area contributed by atoms with Crippen molar-refractivity contribution in [3.8, 4) is 0 Å². The van der Waals surface area contributed by atoms with Crippen LogP contribution in [0.5, 0.6) is 0 Å². The smallest absolute Gasteiger partial charge is 1.00 e. The molecule has 1 heterocycles. The first-order valence-corrected chi connectivity index (χ1v) is 23.2. The first-order valence-electron chi connectivity index (χ1n) is 14.0. The Kier molecular flexibility index (Phi) is 7.62. The molecular formula is C35H36Cl2Hf. The van der Waals surface area contributed by atoms with E-state index in [4.69, 9.17) is 0 Å². The third-order valence-electron chi connectivity index (χ3n) is 9.69. The summed E-state index contributed by atoms with van der Waals surface area (Å²) in [6, 6.07) is 28.0. The van der Waals surface area contributed by atoms with Gasteiger partial charge in [-0.25, -0.2) is 0 Å². The van der Waals surface area contributed by atoms with Crippen molar-refractivity contribution >= 4 is 33.7 Å². The molecule has 0 bridgehead atoms. The van der Waals surface area contributed by atoms with Crippen molar-refractivity contribution in [1.82, 2.24) is 0 Å². The summed E-state index contributed by atoms with van der Waals surface area (Å²) in [4.78, 5) is 0. The molecule has 0 radical (unpaired) electrons. The Bertz CT molecular complexity index is 1470. The zero-order valence-electron chi connectivity index (χ0n) is 22.8. The molecule has 3 heteroatoms. The van der Waals surface area contributed by atoms with E-state index in [0.29, 0.717) is 11.8 Å². The summed E-state index contributed by atoms with van der Waals surface area (Å²) >= 11 is -2.94. The Morgan fingerprint density at radius 2 is 1.00 bits per heavy atom. The van der Waals surface area contributed by atoms with Crippen LogP contribution in [0.1, 0.15) is 63.7 Å².